The second kappa shape index (κ2) is 3.49. The van der Waals surface area contributed by atoms with Gasteiger partial charge in [-0.1, -0.05) is 35.9 Å². The number of hydrogen-bond acceptors (Lipinski definition) is 2. The Morgan fingerprint density at radius 3 is 3.00 bits per heavy atom. The minimum absolute atomic E-state index is 0.440. The number of aryl methyl sites for hydroxylation is 1. The normalized spacial score (nSPS) is 12.6. The largest absolute Gasteiger partial charge is 0.485 e. The Labute approximate surface area is 98.8 Å². The van der Waals surface area contributed by atoms with Crippen LogP contribution in [0.15, 0.2) is 30.5 Å². The monoisotopic (exact) mass is 231 g/mol. The van der Waals surface area contributed by atoms with E-state index >= 15 is 0 Å². The van der Waals surface area contributed by atoms with Gasteiger partial charge in [-0.25, -0.2) is 4.98 Å². The zero-order chi connectivity index (χ0) is 11.1. The van der Waals surface area contributed by atoms with Crippen molar-refractivity contribution in [3.05, 3.63) is 46.7 Å². The number of nitrogens with zero attached hydrogens (tertiary/aromatic N) is 1. The van der Waals surface area contributed by atoms with Crippen molar-refractivity contribution in [2.75, 3.05) is 0 Å². The number of rotatable bonds is 0. The van der Waals surface area contributed by atoms with Gasteiger partial charge in [-0.05, 0) is 23.6 Å². The predicted molar refractivity (Wildman–Crippen MR) is 63.8 cm³/mol. The molecule has 0 N–H and O–H groups in total. The van der Waals surface area contributed by atoms with E-state index in [1.807, 2.05) is 19.1 Å². The minimum Gasteiger partial charge on any atom is -0.485 e. The summed E-state index contributed by atoms with van der Waals surface area (Å²) < 4.78 is 5.67. The van der Waals surface area contributed by atoms with Gasteiger partial charge in [0.25, 0.3) is 0 Å². The summed E-state index contributed by atoms with van der Waals surface area (Å²) in [5.41, 5.74) is 4.55. The van der Waals surface area contributed by atoms with Crippen LogP contribution in [-0.4, -0.2) is 4.98 Å². The van der Waals surface area contributed by atoms with Gasteiger partial charge in [0.2, 0.25) is 0 Å². The summed E-state index contributed by atoms with van der Waals surface area (Å²) >= 11 is 6.04. The molecule has 0 bridgehead atoms. The fraction of sp³-hybridized carbons (Fsp3) is 0.154. The summed E-state index contributed by atoms with van der Waals surface area (Å²) in [5.74, 6) is 0.709. The van der Waals surface area contributed by atoms with E-state index in [1.54, 1.807) is 6.20 Å². The molecule has 0 atom stereocenters. The van der Waals surface area contributed by atoms with Gasteiger partial charge in [0.15, 0.2) is 10.9 Å². The predicted octanol–water partition coefficient (Wildman–Crippen LogP) is 3.60. The molecule has 1 aromatic heterocycles. The van der Waals surface area contributed by atoms with Gasteiger partial charge in [0, 0.05) is 11.8 Å². The number of fused-ring (bicyclic) bond motifs is 3. The van der Waals surface area contributed by atoms with Crippen molar-refractivity contribution in [2.45, 2.75) is 13.5 Å². The summed E-state index contributed by atoms with van der Waals surface area (Å²) in [6.45, 7) is 2.58. The van der Waals surface area contributed by atoms with Gasteiger partial charge < -0.3 is 4.74 Å². The van der Waals surface area contributed by atoms with Crippen molar-refractivity contribution in [3.63, 3.8) is 0 Å². The molecular formula is C13H10ClNO. The van der Waals surface area contributed by atoms with E-state index in [9.17, 15) is 0 Å². The second-order valence-electron chi connectivity index (χ2n) is 3.88. The summed E-state index contributed by atoms with van der Waals surface area (Å²) in [5, 5.41) is 0.440. The highest BCUT2D eigenvalue weighted by Crippen LogP contribution is 2.42. The Kier molecular flexibility index (Phi) is 2.11. The number of aromatic nitrogens is 1. The highest BCUT2D eigenvalue weighted by atomic mass is 35.5. The van der Waals surface area contributed by atoms with Crippen molar-refractivity contribution < 1.29 is 4.74 Å². The number of halogens is 1. The molecule has 0 saturated carbocycles. The van der Waals surface area contributed by atoms with Crippen LogP contribution in [0.1, 0.15) is 11.1 Å². The molecule has 3 heteroatoms. The van der Waals surface area contributed by atoms with Crippen LogP contribution in [-0.2, 0) is 6.61 Å². The van der Waals surface area contributed by atoms with Crippen LogP contribution in [0.4, 0.5) is 0 Å². The van der Waals surface area contributed by atoms with E-state index in [4.69, 9.17) is 16.3 Å². The van der Waals surface area contributed by atoms with Gasteiger partial charge in [-0.2, -0.15) is 0 Å². The molecule has 1 aliphatic heterocycles. The molecule has 2 aromatic rings. The molecule has 0 amide bonds. The van der Waals surface area contributed by atoms with Gasteiger partial charge in [-0.3, -0.25) is 0 Å². The maximum absolute atomic E-state index is 6.04. The molecule has 80 valence electrons. The lowest BCUT2D eigenvalue weighted by Crippen LogP contribution is -2.07. The van der Waals surface area contributed by atoms with E-state index in [0.717, 1.165) is 11.1 Å². The van der Waals surface area contributed by atoms with Crippen molar-refractivity contribution >= 4 is 11.6 Å². The van der Waals surface area contributed by atoms with E-state index in [-0.39, 0.29) is 0 Å². The minimum atomic E-state index is 0.440. The van der Waals surface area contributed by atoms with Crippen molar-refractivity contribution in [2.24, 2.45) is 0 Å². The Balaban J connectivity index is 2.35. The topological polar surface area (TPSA) is 22.1 Å². The Hall–Kier alpha value is -1.54. The zero-order valence-electron chi connectivity index (χ0n) is 8.83. The molecule has 0 unspecified atom stereocenters. The van der Waals surface area contributed by atoms with Crippen molar-refractivity contribution in [3.8, 4) is 16.9 Å². The summed E-state index contributed by atoms with van der Waals surface area (Å²) in [6.07, 6.45) is 1.78. The van der Waals surface area contributed by atoms with Crippen LogP contribution < -0.4 is 4.74 Å². The van der Waals surface area contributed by atoms with Crippen LogP contribution in [0.3, 0.4) is 0 Å². The van der Waals surface area contributed by atoms with E-state index in [0.29, 0.717) is 17.5 Å². The van der Waals surface area contributed by atoms with Crippen molar-refractivity contribution in [1.29, 1.82) is 0 Å². The first-order chi connectivity index (χ1) is 7.77. The molecule has 3 rings (SSSR count). The standard InChI is InChI=1S/C13H10ClNO/c1-8-6-15-13(14)12-11(8)10-5-3-2-4-9(10)7-16-12/h2-6H,7H2,1H3. The molecule has 0 saturated heterocycles. The average molecular weight is 232 g/mol. The van der Waals surface area contributed by atoms with Crippen LogP contribution in [0.5, 0.6) is 5.75 Å². The molecule has 0 radical (unpaired) electrons. The Morgan fingerprint density at radius 2 is 2.12 bits per heavy atom. The summed E-state index contributed by atoms with van der Waals surface area (Å²) in [7, 11) is 0. The smallest absolute Gasteiger partial charge is 0.171 e. The lowest BCUT2D eigenvalue weighted by molar-refractivity contribution is 0.301. The first kappa shape index (κ1) is 9.67. The number of ether oxygens (including phenoxy) is 1. The highest BCUT2D eigenvalue weighted by molar-refractivity contribution is 6.31. The van der Waals surface area contributed by atoms with Crippen LogP contribution in [0.25, 0.3) is 11.1 Å². The second-order valence-corrected chi connectivity index (χ2v) is 4.24. The Morgan fingerprint density at radius 1 is 1.31 bits per heavy atom. The molecule has 0 fully saturated rings. The van der Waals surface area contributed by atoms with Gasteiger partial charge in [0.05, 0.1) is 0 Å². The lowest BCUT2D eigenvalue weighted by Gasteiger charge is -2.22. The third kappa shape index (κ3) is 1.30. The van der Waals surface area contributed by atoms with Crippen LogP contribution in [0.2, 0.25) is 5.15 Å². The number of pyridine rings is 1. The maximum atomic E-state index is 6.04. The third-order valence-corrected chi connectivity index (χ3v) is 3.11. The number of hydrogen-bond donors (Lipinski definition) is 0. The molecule has 1 aliphatic rings. The Bertz CT molecular complexity index is 566. The van der Waals surface area contributed by atoms with E-state index < -0.39 is 0 Å². The molecular weight excluding hydrogens is 222 g/mol. The molecule has 0 spiro atoms. The average Bonchev–Trinajstić information content (AvgIpc) is 2.33. The van der Waals surface area contributed by atoms with E-state index in [1.165, 1.54) is 11.1 Å². The number of benzene rings is 1. The van der Waals surface area contributed by atoms with E-state index in [2.05, 4.69) is 17.1 Å². The fourth-order valence-corrected chi connectivity index (χ4v) is 2.26. The summed E-state index contributed by atoms with van der Waals surface area (Å²) in [4.78, 5) is 4.11. The SMILES string of the molecule is Cc1cnc(Cl)c2c1-c1ccccc1CO2. The maximum Gasteiger partial charge on any atom is 0.171 e. The van der Waals surface area contributed by atoms with Crippen LogP contribution in [0, 0.1) is 6.92 Å². The zero-order valence-corrected chi connectivity index (χ0v) is 9.58. The van der Waals surface area contributed by atoms with Gasteiger partial charge in [-0.15, -0.1) is 0 Å². The van der Waals surface area contributed by atoms with Crippen molar-refractivity contribution in [1.82, 2.24) is 4.98 Å². The molecule has 2 nitrogen and oxygen atoms in total. The molecule has 0 aliphatic carbocycles. The van der Waals surface area contributed by atoms with Gasteiger partial charge in [0.1, 0.15) is 6.61 Å². The first-order valence-electron chi connectivity index (χ1n) is 5.13. The highest BCUT2D eigenvalue weighted by Gasteiger charge is 2.21. The van der Waals surface area contributed by atoms with Gasteiger partial charge >= 0.3 is 0 Å². The van der Waals surface area contributed by atoms with Crippen LogP contribution >= 0.6 is 11.6 Å². The summed E-state index contributed by atoms with van der Waals surface area (Å²) in [6, 6.07) is 8.22. The molecule has 1 aromatic carbocycles. The fourth-order valence-electron chi connectivity index (χ4n) is 2.07. The molecule has 2 heterocycles. The first-order valence-corrected chi connectivity index (χ1v) is 5.51. The molecule has 16 heavy (non-hydrogen) atoms. The third-order valence-electron chi connectivity index (χ3n) is 2.84. The lowest BCUT2D eigenvalue weighted by atomic mass is 9.95. The quantitative estimate of drug-likeness (QED) is 0.647.